The molecule has 3 aromatic rings. The second kappa shape index (κ2) is 10.6. The molecule has 3 N–H and O–H groups in total. The number of aromatic hydroxyl groups is 1. The third-order valence-electron chi connectivity index (χ3n) is 4.40. The number of aromatic nitrogens is 2. The number of methoxy groups -OCH3 is 1. The first kappa shape index (κ1) is 24.4. The van der Waals surface area contributed by atoms with Gasteiger partial charge in [0.1, 0.15) is 5.82 Å². The smallest absolute Gasteiger partial charge is 0.395 e. The maximum Gasteiger partial charge on any atom is 0.395 e. The van der Waals surface area contributed by atoms with Gasteiger partial charge in [0.2, 0.25) is 0 Å². The molecular formula is C21H17N5O9. The summed E-state index contributed by atoms with van der Waals surface area (Å²) in [7, 11) is 1.38. The zero-order chi connectivity index (χ0) is 25.5. The van der Waals surface area contributed by atoms with Gasteiger partial charge in [0.15, 0.2) is 18.1 Å². The lowest BCUT2D eigenvalue weighted by molar-refractivity contribution is -0.387. The van der Waals surface area contributed by atoms with Crippen molar-refractivity contribution >= 4 is 35.1 Å². The van der Waals surface area contributed by atoms with Crippen molar-refractivity contribution < 1.29 is 29.2 Å². The number of carbonyl (C=O) groups excluding carboxylic acids is 1. The molecule has 0 saturated carbocycles. The number of aromatic amines is 1. The average molecular weight is 483 g/mol. The Hall–Kier alpha value is -5.27. The zero-order valence-corrected chi connectivity index (χ0v) is 18.0. The number of hydrogen-bond donors (Lipinski definition) is 3. The Balaban J connectivity index is 1.68. The maximum atomic E-state index is 12.2. The van der Waals surface area contributed by atoms with Crippen LogP contribution in [-0.4, -0.2) is 44.5 Å². The fourth-order valence-corrected chi connectivity index (χ4v) is 2.84. The second-order valence-corrected chi connectivity index (χ2v) is 6.77. The van der Waals surface area contributed by atoms with Crippen molar-refractivity contribution in [2.75, 3.05) is 19.0 Å². The molecule has 0 aliphatic heterocycles. The molecule has 0 aliphatic carbocycles. The van der Waals surface area contributed by atoms with Crippen LogP contribution in [0.25, 0.3) is 12.2 Å². The van der Waals surface area contributed by atoms with Crippen LogP contribution in [-0.2, 0) is 4.79 Å². The molecule has 0 fully saturated rings. The minimum absolute atomic E-state index is 0.116. The minimum Gasteiger partial charge on any atom is -0.493 e. The molecule has 0 spiro atoms. The zero-order valence-electron chi connectivity index (χ0n) is 18.0. The first-order valence-electron chi connectivity index (χ1n) is 9.69. The molecule has 3 rings (SSSR count). The molecule has 1 heterocycles. The first-order chi connectivity index (χ1) is 16.7. The van der Waals surface area contributed by atoms with Crippen molar-refractivity contribution in [1.29, 1.82) is 0 Å². The van der Waals surface area contributed by atoms with Gasteiger partial charge in [0.25, 0.3) is 17.5 Å². The van der Waals surface area contributed by atoms with Crippen LogP contribution >= 0.6 is 0 Å². The SMILES string of the molecule is COc1cc(/C=C/c2nc(O)c([N+](=O)[O-])c(=O)[nH]2)ccc1OCC(=O)Nc1cccc([N+](=O)[O-])c1. The molecule has 0 aliphatic rings. The number of nitro benzene ring substituents is 1. The van der Waals surface area contributed by atoms with Crippen LogP contribution in [0.3, 0.4) is 0 Å². The Morgan fingerprint density at radius 3 is 2.57 bits per heavy atom. The monoisotopic (exact) mass is 483 g/mol. The van der Waals surface area contributed by atoms with Crippen molar-refractivity contribution in [3.63, 3.8) is 0 Å². The Bertz CT molecular complexity index is 1380. The van der Waals surface area contributed by atoms with Gasteiger partial charge in [-0.05, 0) is 29.8 Å². The molecule has 0 radical (unpaired) electrons. The highest BCUT2D eigenvalue weighted by atomic mass is 16.6. The summed E-state index contributed by atoms with van der Waals surface area (Å²) < 4.78 is 10.7. The summed E-state index contributed by atoms with van der Waals surface area (Å²) in [6.07, 6.45) is 2.80. The highest BCUT2D eigenvalue weighted by Crippen LogP contribution is 2.29. The number of amides is 1. The number of hydrogen-bond acceptors (Lipinski definition) is 10. The standard InChI is InChI=1S/C21H17N5O9/c1-34-16-9-12(6-8-17-23-20(28)19(26(32)33)21(29)24-17)5-7-15(16)35-11-18(27)22-13-3-2-4-14(10-13)25(30)31/h2-10H,11H2,1H3,(H,22,27)(H2,23,24,28,29)/b8-6+. The number of nitro groups is 2. The van der Waals surface area contributed by atoms with Crippen LogP contribution in [0.1, 0.15) is 11.4 Å². The molecule has 0 saturated heterocycles. The molecule has 14 heteroatoms. The number of carbonyl (C=O) groups is 1. The van der Waals surface area contributed by atoms with Crippen molar-refractivity contribution in [2.45, 2.75) is 0 Å². The van der Waals surface area contributed by atoms with Gasteiger partial charge in [-0.1, -0.05) is 18.2 Å². The molecule has 35 heavy (non-hydrogen) atoms. The summed E-state index contributed by atoms with van der Waals surface area (Å²) in [5.41, 5.74) is -1.54. The molecular weight excluding hydrogens is 466 g/mol. The number of ether oxygens (including phenoxy) is 2. The van der Waals surface area contributed by atoms with E-state index in [9.17, 15) is 34.9 Å². The molecule has 180 valence electrons. The molecule has 0 bridgehead atoms. The van der Waals surface area contributed by atoms with E-state index < -0.39 is 39.5 Å². The summed E-state index contributed by atoms with van der Waals surface area (Å²) in [5, 5.41) is 33.7. The molecule has 1 amide bonds. The van der Waals surface area contributed by atoms with Crippen molar-refractivity contribution in [2.24, 2.45) is 0 Å². The number of nitrogens with zero attached hydrogens (tertiary/aromatic N) is 3. The Kier molecular flexibility index (Phi) is 7.36. The number of nitrogens with one attached hydrogen (secondary N) is 2. The summed E-state index contributed by atoms with van der Waals surface area (Å²) in [4.78, 5) is 49.6. The Morgan fingerprint density at radius 2 is 1.91 bits per heavy atom. The fourth-order valence-electron chi connectivity index (χ4n) is 2.84. The van der Waals surface area contributed by atoms with Crippen molar-refractivity contribution in [1.82, 2.24) is 9.97 Å². The van der Waals surface area contributed by atoms with E-state index in [0.29, 0.717) is 5.56 Å². The number of non-ortho nitro benzene ring substituents is 1. The predicted molar refractivity (Wildman–Crippen MR) is 122 cm³/mol. The van der Waals surface area contributed by atoms with Crippen molar-refractivity contribution in [3.8, 4) is 17.4 Å². The average Bonchev–Trinajstić information content (AvgIpc) is 2.81. The Morgan fingerprint density at radius 1 is 1.14 bits per heavy atom. The van der Waals surface area contributed by atoms with Crippen LogP contribution < -0.4 is 20.3 Å². The highest BCUT2D eigenvalue weighted by Gasteiger charge is 2.21. The van der Waals surface area contributed by atoms with Gasteiger partial charge < -0.3 is 24.9 Å². The first-order valence-corrected chi connectivity index (χ1v) is 9.69. The van der Waals surface area contributed by atoms with E-state index in [-0.39, 0.29) is 28.7 Å². The van der Waals surface area contributed by atoms with Crippen LogP contribution in [0, 0.1) is 20.2 Å². The molecule has 0 atom stereocenters. The number of anilines is 1. The van der Waals surface area contributed by atoms with Gasteiger partial charge in [0.05, 0.1) is 17.0 Å². The summed E-state index contributed by atoms with van der Waals surface area (Å²) >= 11 is 0. The van der Waals surface area contributed by atoms with Crippen molar-refractivity contribution in [3.05, 3.63) is 84.4 Å². The van der Waals surface area contributed by atoms with Gasteiger partial charge in [-0.15, -0.1) is 0 Å². The molecule has 1 aromatic heterocycles. The fraction of sp³-hybridized carbons (Fsp3) is 0.0952. The van der Waals surface area contributed by atoms with Gasteiger partial charge >= 0.3 is 11.2 Å². The summed E-state index contributed by atoms with van der Waals surface area (Å²) in [6.45, 7) is -0.401. The minimum atomic E-state index is -1.10. The second-order valence-electron chi connectivity index (χ2n) is 6.77. The largest absolute Gasteiger partial charge is 0.493 e. The molecule has 0 unspecified atom stereocenters. The van der Waals surface area contributed by atoms with Crippen LogP contribution in [0.15, 0.2) is 47.3 Å². The highest BCUT2D eigenvalue weighted by molar-refractivity contribution is 5.92. The Labute approximate surface area is 195 Å². The normalized spacial score (nSPS) is 10.7. The third-order valence-corrected chi connectivity index (χ3v) is 4.40. The van der Waals surface area contributed by atoms with E-state index in [2.05, 4.69) is 15.3 Å². The summed E-state index contributed by atoms with van der Waals surface area (Å²) in [6, 6.07) is 10.1. The van der Waals surface area contributed by atoms with Gasteiger partial charge in [-0.3, -0.25) is 29.8 Å². The van der Waals surface area contributed by atoms with Gasteiger partial charge in [-0.25, -0.2) is 0 Å². The van der Waals surface area contributed by atoms with E-state index in [1.807, 2.05) is 0 Å². The number of benzene rings is 2. The molecule has 2 aromatic carbocycles. The van der Waals surface area contributed by atoms with E-state index >= 15 is 0 Å². The van der Waals surface area contributed by atoms with E-state index in [1.165, 1.54) is 49.6 Å². The maximum absolute atomic E-state index is 12.2. The van der Waals surface area contributed by atoms with Gasteiger partial charge in [0, 0.05) is 17.8 Å². The van der Waals surface area contributed by atoms with E-state index in [0.717, 1.165) is 0 Å². The topological polar surface area (TPSA) is 200 Å². The lowest BCUT2D eigenvalue weighted by atomic mass is 10.2. The molecule has 14 nitrogen and oxygen atoms in total. The van der Waals surface area contributed by atoms with Crippen LogP contribution in [0.5, 0.6) is 17.4 Å². The van der Waals surface area contributed by atoms with E-state index in [1.54, 1.807) is 12.1 Å². The number of rotatable bonds is 9. The van der Waals surface area contributed by atoms with Gasteiger partial charge in [-0.2, -0.15) is 4.98 Å². The summed E-state index contributed by atoms with van der Waals surface area (Å²) in [5.74, 6) is -1.18. The van der Waals surface area contributed by atoms with Crippen LogP contribution in [0.4, 0.5) is 17.1 Å². The quantitative estimate of drug-likeness (QED) is 0.300. The predicted octanol–water partition coefficient (Wildman–Crippen LogP) is 2.49. The number of H-pyrrole nitrogens is 1. The van der Waals surface area contributed by atoms with Crippen LogP contribution in [0.2, 0.25) is 0 Å². The van der Waals surface area contributed by atoms with E-state index in [4.69, 9.17) is 9.47 Å². The lowest BCUT2D eigenvalue weighted by Gasteiger charge is -2.11. The third kappa shape index (κ3) is 6.16. The lowest BCUT2D eigenvalue weighted by Crippen LogP contribution is -2.20.